The van der Waals surface area contributed by atoms with Crippen molar-refractivity contribution < 1.29 is 4.79 Å². The molecule has 1 unspecified atom stereocenters. The molecule has 0 rings (SSSR count). The second-order valence-corrected chi connectivity index (χ2v) is 2.75. The summed E-state index contributed by atoms with van der Waals surface area (Å²) >= 11 is 4.44. The van der Waals surface area contributed by atoms with Crippen molar-refractivity contribution in [3.63, 3.8) is 0 Å². The molecule has 1 radical (unpaired) electrons. The standard InChI is InChI=1S/C7H11OS/c1-5(2)4-6(3)7(8)9/h4,6H,1-3H3. The molecule has 0 aliphatic rings. The molecule has 0 heterocycles. The number of hydrogen-bond acceptors (Lipinski definition) is 1. The third-order valence-electron chi connectivity index (χ3n) is 0.955. The van der Waals surface area contributed by atoms with Crippen LogP contribution in [-0.4, -0.2) is 5.12 Å². The van der Waals surface area contributed by atoms with E-state index in [0.29, 0.717) is 0 Å². The third kappa shape index (κ3) is 4.15. The van der Waals surface area contributed by atoms with E-state index in [0.717, 1.165) is 5.57 Å². The van der Waals surface area contributed by atoms with Gasteiger partial charge in [0, 0.05) is 5.92 Å². The molecule has 0 fully saturated rings. The molecular formula is C7H11OS. The van der Waals surface area contributed by atoms with Crippen LogP contribution in [0.5, 0.6) is 0 Å². The highest BCUT2D eigenvalue weighted by Gasteiger charge is 2.03. The van der Waals surface area contributed by atoms with Gasteiger partial charge in [0.15, 0.2) is 0 Å². The maximum absolute atomic E-state index is 10.4. The Hall–Kier alpha value is -0.370. The smallest absolute Gasteiger partial charge is 0.225 e. The van der Waals surface area contributed by atoms with Crippen molar-refractivity contribution in [3.8, 4) is 0 Å². The minimum absolute atomic E-state index is 0.0926. The van der Waals surface area contributed by atoms with Crippen molar-refractivity contribution in [1.82, 2.24) is 0 Å². The van der Waals surface area contributed by atoms with E-state index in [-0.39, 0.29) is 11.0 Å². The number of carbonyl (C=O) groups is 1. The van der Waals surface area contributed by atoms with Gasteiger partial charge < -0.3 is 0 Å². The van der Waals surface area contributed by atoms with E-state index in [1.165, 1.54) is 0 Å². The Morgan fingerprint density at radius 1 is 1.56 bits per heavy atom. The molecule has 1 atom stereocenters. The molecule has 0 saturated carbocycles. The van der Waals surface area contributed by atoms with Crippen LogP contribution in [-0.2, 0) is 4.79 Å². The maximum atomic E-state index is 10.4. The van der Waals surface area contributed by atoms with Crippen LogP contribution >= 0.6 is 12.6 Å². The molecule has 9 heavy (non-hydrogen) atoms. The second kappa shape index (κ2) is 3.62. The van der Waals surface area contributed by atoms with Gasteiger partial charge in [-0.15, -0.1) is 0 Å². The van der Waals surface area contributed by atoms with Gasteiger partial charge in [-0.1, -0.05) is 18.6 Å². The van der Waals surface area contributed by atoms with Gasteiger partial charge in [0.25, 0.3) is 0 Å². The van der Waals surface area contributed by atoms with Crippen LogP contribution in [0.4, 0.5) is 0 Å². The molecule has 1 nitrogen and oxygen atoms in total. The molecular weight excluding hydrogens is 132 g/mol. The minimum atomic E-state index is -0.184. The second-order valence-electron chi connectivity index (χ2n) is 2.35. The molecule has 0 saturated heterocycles. The Labute approximate surface area is 61.6 Å². The Bertz CT molecular complexity index is 134. The predicted molar refractivity (Wildman–Crippen MR) is 41.2 cm³/mol. The van der Waals surface area contributed by atoms with E-state index in [2.05, 4.69) is 12.6 Å². The molecule has 0 aromatic carbocycles. The lowest BCUT2D eigenvalue weighted by atomic mass is 10.1. The zero-order chi connectivity index (χ0) is 7.44. The zero-order valence-electron chi connectivity index (χ0n) is 5.97. The highest BCUT2D eigenvalue weighted by atomic mass is 32.1. The van der Waals surface area contributed by atoms with Gasteiger partial charge >= 0.3 is 0 Å². The number of carbonyl (C=O) groups excluding carboxylic acids is 1. The largest absolute Gasteiger partial charge is 0.281 e. The predicted octanol–water partition coefficient (Wildman–Crippen LogP) is 2.31. The summed E-state index contributed by atoms with van der Waals surface area (Å²) in [4.78, 5) is 10.4. The Morgan fingerprint density at radius 3 is 2.11 bits per heavy atom. The summed E-state index contributed by atoms with van der Waals surface area (Å²) in [6.07, 6.45) is 1.87. The molecule has 0 aliphatic heterocycles. The average molecular weight is 143 g/mol. The van der Waals surface area contributed by atoms with Crippen LogP contribution < -0.4 is 0 Å². The van der Waals surface area contributed by atoms with Gasteiger partial charge in [-0.25, -0.2) is 0 Å². The molecule has 51 valence electrons. The molecule has 0 amide bonds. The highest BCUT2D eigenvalue weighted by molar-refractivity contribution is 7.96. The fourth-order valence-electron chi connectivity index (χ4n) is 0.568. The zero-order valence-corrected chi connectivity index (χ0v) is 6.79. The van der Waals surface area contributed by atoms with Gasteiger partial charge in [-0.3, -0.25) is 4.79 Å². The normalized spacial score (nSPS) is 12.3. The van der Waals surface area contributed by atoms with Crippen molar-refractivity contribution >= 4 is 17.7 Å². The fraction of sp³-hybridized carbons (Fsp3) is 0.571. The van der Waals surface area contributed by atoms with Gasteiger partial charge in [0.2, 0.25) is 5.12 Å². The lowest BCUT2D eigenvalue weighted by molar-refractivity contribution is -0.112. The maximum Gasteiger partial charge on any atom is 0.225 e. The van der Waals surface area contributed by atoms with Crippen molar-refractivity contribution in [1.29, 1.82) is 0 Å². The van der Waals surface area contributed by atoms with Crippen LogP contribution in [0.3, 0.4) is 0 Å². The first kappa shape index (κ1) is 8.63. The summed E-state index contributed by atoms with van der Waals surface area (Å²) in [6.45, 7) is 5.71. The van der Waals surface area contributed by atoms with E-state index < -0.39 is 0 Å². The van der Waals surface area contributed by atoms with E-state index in [1.807, 2.05) is 26.8 Å². The van der Waals surface area contributed by atoms with E-state index in [1.54, 1.807) is 0 Å². The topological polar surface area (TPSA) is 17.1 Å². The van der Waals surface area contributed by atoms with Crippen LogP contribution in [0.25, 0.3) is 0 Å². The highest BCUT2D eigenvalue weighted by Crippen LogP contribution is 2.04. The minimum Gasteiger partial charge on any atom is -0.281 e. The summed E-state index contributed by atoms with van der Waals surface area (Å²) in [7, 11) is 0. The molecule has 0 N–H and O–H groups in total. The number of allylic oxidation sites excluding steroid dienone is 2. The third-order valence-corrected chi connectivity index (χ3v) is 1.33. The van der Waals surface area contributed by atoms with Crippen LogP contribution in [0.15, 0.2) is 11.6 Å². The first-order valence-electron chi connectivity index (χ1n) is 2.90. The monoisotopic (exact) mass is 143 g/mol. The Balaban J connectivity index is 3.91. The van der Waals surface area contributed by atoms with E-state index in [4.69, 9.17) is 0 Å². The summed E-state index contributed by atoms with van der Waals surface area (Å²) in [5.41, 5.74) is 1.14. The summed E-state index contributed by atoms with van der Waals surface area (Å²) in [5, 5.41) is -0.184. The molecule has 0 aromatic rings. The van der Waals surface area contributed by atoms with E-state index >= 15 is 0 Å². The molecule has 0 spiro atoms. The van der Waals surface area contributed by atoms with Crippen molar-refractivity contribution in [2.45, 2.75) is 20.8 Å². The quantitative estimate of drug-likeness (QED) is 0.542. The van der Waals surface area contributed by atoms with Crippen molar-refractivity contribution in [3.05, 3.63) is 11.6 Å². The van der Waals surface area contributed by atoms with Gasteiger partial charge in [0.1, 0.15) is 0 Å². The van der Waals surface area contributed by atoms with Crippen LogP contribution in [0.2, 0.25) is 0 Å². The first-order chi connectivity index (χ1) is 4.04. The average Bonchev–Trinajstić information content (AvgIpc) is 1.63. The lowest BCUT2D eigenvalue weighted by Crippen LogP contribution is -1.99. The van der Waals surface area contributed by atoms with Gasteiger partial charge in [0.05, 0.1) is 0 Å². The Kier molecular flexibility index (Phi) is 3.47. The lowest BCUT2D eigenvalue weighted by Gasteiger charge is -1.97. The molecule has 0 aliphatic carbocycles. The molecule has 2 heteroatoms. The molecule has 0 bridgehead atoms. The van der Waals surface area contributed by atoms with Crippen LogP contribution in [0.1, 0.15) is 20.8 Å². The molecule has 0 aromatic heterocycles. The Morgan fingerprint density at radius 2 is 2.00 bits per heavy atom. The summed E-state index contributed by atoms with van der Waals surface area (Å²) < 4.78 is 0. The van der Waals surface area contributed by atoms with E-state index in [9.17, 15) is 4.79 Å². The number of hydrogen-bond donors (Lipinski definition) is 0. The summed E-state index contributed by atoms with van der Waals surface area (Å²) in [5.74, 6) is -0.0926. The van der Waals surface area contributed by atoms with Crippen molar-refractivity contribution in [2.24, 2.45) is 5.92 Å². The SMILES string of the molecule is CC(C)=CC(C)C(=O)[S]. The number of rotatable bonds is 2. The van der Waals surface area contributed by atoms with Crippen LogP contribution in [0, 0.1) is 5.92 Å². The first-order valence-corrected chi connectivity index (χ1v) is 3.30. The van der Waals surface area contributed by atoms with Gasteiger partial charge in [-0.2, -0.15) is 0 Å². The van der Waals surface area contributed by atoms with Crippen molar-refractivity contribution in [2.75, 3.05) is 0 Å². The summed E-state index contributed by atoms with van der Waals surface area (Å²) in [6, 6.07) is 0. The van der Waals surface area contributed by atoms with Gasteiger partial charge in [-0.05, 0) is 26.5 Å². The fourth-order valence-corrected chi connectivity index (χ4v) is 0.636.